The van der Waals surface area contributed by atoms with E-state index in [0.717, 1.165) is 5.56 Å². The Kier molecular flexibility index (Phi) is 6.31. The third-order valence-electron chi connectivity index (χ3n) is 5.92. The number of carbonyl (C=O) groups is 1. The molecule has 0 saturated carbocycles. The van der Waals surface area contributed by atoms with Crippen molar-refractivity contribution in [3.8, 4) is 22.8 Å². The second-order valence-corrected chi connectivity index (χ2v) is 9.96. The Morgan fingerprint density at radius 1 is 0.806 bits per heavy atom. The number of nitrogens with zero attached hydrogens (tertiary/aromatic N) is 1. The van der Waals surface area contributed by atoms with E-state index in [2.05, 4.69) is 0 Å². The maximum Gasteiger partial charge on any atom is 0.268 e. The number of fused-ring (bicyclic) bond motifs is 1. The number of carbonyl (C=O) groups excluding carboxylic acids is 1. The van der Waals surface area contributed by atoms with Crippen LogP contribution in [0.2, 0.25) is 0 Å². The second-order valence-electron chi connectivity index (χ2n) is 8.18. The molecule has 0 spiro atoms. The minimum absolute atomic E-state index is 0.142. The van der Waals surface area contributed by atoms with Gasteiger partial charge in [0.2, 0.25) is 0 Å². The van der Waals surface area contributed by atoms with Gasteiger partial charge in [0.05, 0.1) is 23.2 Å². The number of ether oxygens (including phenoxy) is 2. The first-order valence-corrected chi connectivity index (χ1v) is 12.7. The summed E-state index contributed by atoms with van der Waals surface area (Å²) >= 11 is 0. The van der Waals surface area contributed by atoms with Crippen molar-refractivity contribution in [2.75, 3.05) is 7.11 Å². The van der Waals surface area contributed by atoms with Gasteiger partial charge in [-0.15, -0.1) is 0 Å². The van der Waals surface area contributed by atoms with E-state index in [4.69, 9.17) is 9.47 Å². The molecule has 0 fully saturated rings. The molecule has 0 aliphatic carbocycles. The maximum atomic E-state index is 13.9. The van der Waals surface area contributed by atoms with Crippen molar-refractivity contribution in [2.45, 2.75) is 11.5 Å². The molecular weight excluding hydrogens is 474 g/mol. The van der Waals surface area contributed by atoms with Gasteiger partial charge in [-0.05, 0) is 60.2 Å². The number of methoxy groups -OCH3 is 1. The van der Waals surface area contributed by atoms with E-state index in [-0.39, 0.29) is 4.90 Å². The van der Waals surface area contributed by atoms with Crippen LogP contribution in [0.25, 0.3) is 22.2 Å². The van der Waals surface area contributed by atoms with Crippen molar-refractivity contribution in [3.63, 3.8) is 0 Å². The zero-order valence-electron chi connectivity index (χ0n) is 19.5. The van der Waals surface area contributed by atoms with Gasteiger partial charge in [0, 0.05) is 16.5 Å². The van der Waals surface area contributed by atoms with E-state index in [1.807, 2.05) is 30.3 Å². The summed E-state index contributed by atoms with van der Waals surface area (Å²) in [5.41, 5.74) is 2.65. The van der Waals surface area contributed by atoms with Crippen LogP contribution in [0.1, 0.15) is 15.9 Å². The molecule has 0 amide bonds. The van der Waals surface area contributed by atoms with Crippen molar-refractivity contribution in [1.29, 1.82) is 0 Å². The average Bonchev–Trinajstić information content (AvgIpc) is 3.32. The van der Waals surface area contributed by atoms with Gasteiger partial charge < -0.3 is 9.47 Å². The van der Waals surface area contributed by atoms with Crippen LogP contribution in [0, 0.1) is 0 Å². The van der Waals surface area contributed by atoms with Gasteiger partial charge in [-0.25, -0.2) is 12.4 Å². The number of benzene rings is 4. The molecule has 1 aromatic heterocycles. The standard InChI is InChI=1S/C29H23NO5S/c1-34-24-13-12-22(19-31)27(18-24)29-17-23-16-25(35-20-21-8-4-2-5-9-21)14-15-28(23)30(29)36(32,33)26-10-6-3-7-11-26/h2-19H,20H2,1H3. The molecule has 0 aliphatic rings. The zero-order chi connectivity index (χ0) is 25.1. The third kappa shape index (κ3) is 4.36. The Morgan fingerprint density at radius 3 is 2.19 bits per heavy atom. The number of aromatic nitrogens is 1. The van der Waals surface area contributed by atoms with E-state index in [1.165, 1.54) is 11.1 Å². The number of aldehydes is 1. The summed E-state index contributed by atoms with van der Waals surface area (Å²) in [4.78, 5) is 12.0. The van der Waals surface area contributed by atoms with Crippen LogP contribution in [0.4, 0.5) is 0 Å². The Morgan fingerprint density at radius 2 is 1.50 bits per heavy atom. The molecule has 4 aromatic carbocycles. The van der Waals surface area contributed by atoms with E-state index in [9.17, 15) is 13.2 Å². The van der Waals surface area contributed by atoms with Gasteiger partial charge in [0.15, 0.2) is 6.29 Å². The quantitative estimate of drug-likeness (QED) is 0.248. The largest absolute Gasteiger partial charge is 0.497 e. The summed E-state index contributed by atoms with van der Waals surface area (Å²) in [6.07, 6.45) is 0.709. The minimum Gasteiger partial charge on any atom is -0.497 e. The monoisotopic (exact) mass is 497 g/mol. The molecular formula is C29H23NO5S. The van der Waals surface area contributed by atoms with Crippen molar-refractivity contribution in [2.24, 2.45) is 0 Å². The number of hydrogen-bond donors (Lipinski definition) is 0. The van der Waals surface area contributed by atoms with Crippen LogP contribution in [0.3, 0.4) is 0 Å². The van der Waals surface area contributed by atoms with Crippen molar-refractivity contribution in [1.82, 2.24) is 3.97 Å². The Hall–Kier alpha value is -4.36. The number of hydrogen-bond acceptors (Lipinski definition) is 5. The van der Waals surface area contributed by atoms with Gasteiger partial charge in [-0.2, -0.15) is 0 Å². The van der Waals surface area contributed by atoms with Crippen LogP contribution in [-0.2, 0) is 16.6 Å². The van der Waals surface area contributed by atoms with E-state index in [1.54, 1.807) is 72.8 Å². The fraction of sp³-hybridized carbons (Fsp3) is 0.0690. The number of rotatable bonds is 8. The fourth-order valence-corrected chi connectivity index (χ4v) is 5.68. The molecule has 0 unspecified atom stereocenters. The summed E-state index contributed by atoms with van der Waals surface area (Å²) < 4.78 is 40.3. The highest BCUT2D eigenvalue weighted by molar-refractivity contribution is 7.90. The van der Waals surface area contributed by atoms with Gasteiger partial charge in [0.1, 0.15) is 18.1 Å². The topological polar surface area (TPSA) is 74.6 Å². The highest BCUT2D eigenvalue weighted by Gasteiger charge is 2.25. The van der Waals surface area contributed by atoms with Crippen LogP contribution in [0.5, 0.6) is 11.5 Å². The zero-order valence-corrected chi connectivity index (χ0v) is 20.3. The SMILES string of the molecule is COc1ccc(C=O)c(-c2cc3cc(OCc4ccccc4)ccc3n2S(=O)(=O)c2ccccc2)c1. The molecule has 0 bridgehead atoms. The normalized spacial score (nSPS) is 11.4. The minimum atomic E-state index is -3.99. The van der Waals surface area contributed by atoms with Crippen LogP contribution in [-0.4, -0.2) is 25.8 Å². The molecule has 180 valence electrons. The maximum absolute atomic E-state index is 13.9. The highest BCUT2D eigenvalue weighted by Crippen LogP contribution is 2.36. The molecule has 0 N–H and O–H groups in total. The molecule has 0 radical (unpaired) electrons. The van der Waals surface area contributed by atoms with Crippen molar-refractivity contribution >= 4 is 27.2 Å². The third-order valence-corrected chi connectivity index (χ3v) is 7.66. The lowest BCUT2D eigenvalue weighted by Crippen LogP contribution is -2.14. The predicted molar refractivity (Wildman–Crippen MR) is 139 cm³/mol. The summed E-state index contributed by atoms with van der Waals surface area (Å²) in [5, 5.41) is 0.662. The summed E-state index contributed by atoms with van der Waals surface area (Å²) in [7, 11) is -2.47. The highest BCUT2D eigenvalue weighted by atomic mass is 32.2. The van der Waals surface area contributed by atoms with Crippen LogP contribution >= 0.6 is 0 Å². The van der Waals surface area contributed by atoms with E-state index in [0.29, 0.717) is 52.1 Å². The molecule has 0 saturated heterocycles. The average molecular weight is 498 g/mol. The molecule has 5 rings (SSSR count). The molecule has 5 aromatic rings. The Bertz CT molecular complexity index is 1640. The van der Waals surface area contributed by atoms with Gasteiger partial charge >= 0.3 is 0 Å². The predicted octanol–water partition coefficient (Wildman–Crippen LogP) is 5.95. The lowest BCUT2D eigenvalue weighted by Gasteiger charge is -2.14. The first-order chi connectivity index (χ1) is 17.5. The molecule has 0 atom stereocenters. The summed E-state index contributed by atoms with van der Waals surface area (Å²) in [5.74, 6) is 1.12. The lowest BCUT2D eigenvalue weighted by molar-refractivity contribution is 0.112. The smallest absolute Gasteiger partial charge is 0.268 e. The van der Waals surface area contributed by atoms with Crippen LogP contribution in [0.15, 0.2) is 108 Å². The van der Waals surface area contributed by atoms with Gasteiger partial charge in [-0.3, -0.25) is 4.79 Å². The van der Waals surface area contributed by atoms with Crippen LogP contribution < -0.4 is 9.47 Å². The molecule has 6 nitrogen and oxygen atoms in total. The van der Waals surface area contributed by atoms with Gasteiger partial charge in [0.25, 0.3) is 10.0 Å². The van der Waals surface area contributed by atoms with E-state index >= 15 is 0 Å². The van der Waals surface area contributed by atoms with Crippen molar-refractivity contribution < 1.29 is 22.7 Å². The Labute approximate surface area is 209 Å². The van der Waals surface area contributed by atoms with Gasteiger partial charge in [-0.1, -0.05) is 48.5 Å². The molecule has 36 heavy (non-hydrogen) atoms. The Balaban J connectivity index is 1.70. The second kappa shape index (κ2) is 9.71. The lowest BCUT2D eigenvalue weighted by atomic mass is 10.0. The first kappa shape index (κ1) is 23.4. The molecule has 0 aliphatic heterocycles. The summed E-state index contributed by atoms with van der Waals surface area (Å²) in [6, 6.07) is 30.0. The molecule has 7 heteroatoms. The first-order valence-electron chi connectivity index (χ1n) is 11.3. The molecule has 1 heterocycles. The van der Waals surface area contributed by atoms with E-state index < -0.39 is 10.0 Å². The van der Waals surface area contributed by atoms with Crippen molar-refractivity contribution in [3.05, 3.63) is 114 Å². The summed E-state index contributed by atoms with van der Waals surface area (Å²) in [6.45, 7) is 0.382. The fourth-order valence-electron chi connectivity index (χ4n) is 4.13.